The average molecular weight is 425 g/mol. The molecule has 1 fully saturated rings. The Morgan fingerprint density at radius 3 is 2.67 bits per heavy atom. The maximum Gasteiger partial charge on any atom is 0.262 e. The van der Waals surface area contributed by atoms with Crippen molar-refractivity contribution in [3.8, 4) is 0 Å². The molecule has 1 aliphatic carbocycles. The summed E-state index contributed by atoms with van der Waals surface area (Å²) < 4.78 is 1.59. The molecule has 0 radical (unpaired) electrons. The van der Waals surface area contributed by atoms with E-state index in [0.717, 1.165) is 33.7 Å². The summed E-state index contributed by atoms with van der Waals surface area (Å²) in [6.07, 6.45) is 11.1. The largest absolute Gasteiger partial charge is 0.335 e. The van der Waals surface area contributed by atoms with Gasteiger partial charge in [0.2, 0.25) is 5.91 Å². The quantitative estimate of drug-likeness (QED) is 0.594. The lowest BCUT2D eigenvalue weighted by Gasteiger charge is -2.34. The second kappa shape index (κ2) is 9.08. The van der Waals surface area contributed by atoms with E-state index < -0.39 is 0 Å². The van der Waals surface area contributed by atoms with E-state index in [1.54, 1.807) is 34.6 Å². The van der Waals surface area contributed by atoms with Crippen LogP contribution in [-0.4, -0.2) is 31.4 Å². The van der Waals surface area contributed by atoms with Crippen LogP contribution in [0.25, 0.3) is 10.2 Å². The summed E-state index contributed by atoms with van der Waals surface area (Å²) in [6, 6.07) is 4.21. The molecule has 3 heterocycles. The van der Waals surface area contributed by atoms with E-state index in [2.05, 4.69) is 9.97 Å². The number of aromatic nitrogens is 3. The highest BCUT2D eigenvalue weighted by Crippen LogP contribution is 2.26. The number of carbonyl (C=O) groups excluding carboxylic acids is 1. The first-order valence-corrected chi connectivity index (χ1v) is 11.5. The van der Waals surface area contributed by atoms with Crippen molar-refractivity contribution in [2.75, 3.05) is 0 Å². The SMILES string of the molecule is Cc1sc2ncn(CCC(=O)N(Cc3ccncc3)C3CCCCC3)c(=O)c2c1C. The van der Waals surface area contributed by atoms with Crippen LogP contribution in [0.1, 0.15) is 54.5 Å². The van der Waals surface area contributed by atoms with E-state index in [9.17, 15) is 9.59 Å². The zero-order chi connectivity index (χ0) is 21.1. The molecule has 0 unspecified atom stereocenters. The smallest absolute Gasteiger partial charge is 0.262 e. The normalized spacial score (nSPS) is 14.9. The van der Waals surface area contributed by atoms with E-state index in [1.165, 1.54) is 19.3 Å². The monoisotopic (exact) mass is 424 g/mol. The van der Waals surface area contributed by atoms with Crippen LogP contribution in [0, 0.1) is 13.8 Å². The number of carbonyl (C=O) groups is 1. The Morgan fingerprint density at radius 2 is 1.93 bits per heavy atom. The van der Waals surface area contributed by atoms with Gasteiger partial charge in [-0.1, -0.05) is 19.3 Å². The van der Waals surface area contributed by atoms with E-state index >= 15 is 0 Å². The summed E-state index contributed by atoms with van der Waals surface area (Å²) in [7, 11) is 0. The number of aryl methyl sites for hydroxylation is 3. The maximum atomic E-state index is 13.2. The Kier molecular flexibility index (Phi) is 6.27. The van der Waals surface area contributed by atoms with Gasteiger partial charge in [0.1, 0.15) is 4.83 Å². The molecule has 0 atom stereocenters. The van der Waals surface area contributed by atoms with Crippen molar-refractivity contribution >= 4 is 27.5 Å². The van der Waals surface area contributed by atoms with Crippen molar-refractivity contribution in [3.05, 3.63) is 57.2 Å². The summed E-state index contributed by atoms with van der Waals surface area (Å²) in [4.78, 5) is 38.6. The predicted octanol–water partition coefficient (Wildman–Crippen LogP) is 4.22. The first-order valence-electron chi connectivity index (χ1n) is 10.7. The summed E-state index contributed by atoms with van der Waals surface area (Å²) in [5.74, 6) is 0.101. The number of nitrogens with zero attached hydrogens (tertiary/aromatic N) is 4. The lowest BCUT2D eigenvalue weighted by Crippen LogP contribution is -2.41. The first kappa shape index (κ1) is 20.7. The fourth-order valence-electron chi connectivity index (χ4n) is 4.29. The third-order valence-corrected chi connectivity index (χ3v) is 7.28. The van der Waals surface area contributed by atoms with Gasteiger partial charge in [-0.3, -0.25) is 19.1 Å². The second-order valence-electron chi connectivity index (χ2n) is 8.13. The molecule has 6 nitrogen and oxygen atoms in total. The van der Waals surface area contributed by atoms with Crippen LogP contribution >= 0.6 is 11.3 Å². The Hall–Kier alpha value is -2.54. The van der Waals surface area contributed by atoms with Gasteiger partial charge >= 0.3 is 0 Å². The molecule has 4 rings (SSSR count). The topological polar surface area (TPSA) is 68.1 Å². The van der Waals surface area contributed by atoms with Crippen LogP contribution in [0.2, 0.25) is 0 Å². The lowest BCUT2D eigenvalue weighted by molar-refractivity contribution is -0.135. The second-order valence-corrected chi connectivity index (χ2v) is 9.33. The highest BCUT2D eigenvalue weighted by Gasteiger charge is 2.25. The molecule has 7 heteroatoms. The Bertz CT molecular complexity index is 1080. The zero-order valence-electron chi connectivity index (χ0n) is 17.6. The van der Waals surface area contributed by atoms with Gasteiger partial charge in [-0.05, 0) is 49.9 Å². The van der Waals surface area contributed by atoms with Crippen LogP contribution in [0.3, 0.4) is 0 Å². The number of hydrogen-bond acceptors (Lipinski definition) is 5. The zero-order valence-corrected chi connectivity index (χ0v) is 18.5. The van der Waals surface area contributed by atoms with Gasteiger partial charge in [-0.2, -0.15) is 0 Å². The molecule has 0 saturated heterocycles. The van der Waals surface area contributed by atoms with Crippen molar-refractivity contribution in [2.24, 2.45) is 0 Å². The summed E-state index contributed by atoms with van der Waals surface area (Å²) >= 11 is 1.55. The highest BCUT2D eigenvalue weighted by atomic mass is 32.1. The van der Waals surface area contributed by atoms with E-state index in [1.807, 2.05) is 30.9 Å². The average Bonchev–Trinajstić information content (AvgIpc) is 3.07. The standard InChI is InChI=1S/C23H28N4O2S/c1-16-17(2)30-22-21(16)23(29)26(15-25-22)13-10-20(28)27(19-6-4-3-5-7-19)14-18-8-11-24-12-9-18/h8-9,11-12,15,19H,3-7,10,13-14H2,1-2H3. The molecule has 158 valence electrons. The Morgan fingerprint density at radius 1 is 1.20 bits per heavy atom. The molecule has 0 bridgehead atoms. The molecular formula is C23H28N4O2S. The van der Waals surface area contributed by atoms with E-state index in [0.29, 0.717) is 24.9 Å². The van der Waals surface area contributed by atoms with Crippen molar-refractivity contribution < 1.29 is 4.79 Å². The fraction of sp³-hybridized carbons (Fsp3) is 0.478. The van der Waals surface area contributed by atoms with Gasteiger partial charge in [0.15, 0.2) is 0 Å². The summed E-state index contributed by atoms with van der Waals surface area (Å²) in [6.45, 7) is 4.93. The number of fused-ring (bicyclic) bond motifs is 1. The van der Waals surface area contributed by atoms with Crippen molar-refractivity contribution in [2.45, 2.75) is 71.5 Å². The first-order chi connectivity index (χ1) is 14.5. The number of hydrogen-bond donors (Lipinski definition) is 0. The third-order valence-electron chi connectivity index (χ3n) is 6.16. The number of pyridine rings is 1. The highest BCUT2D eigenvalue weighted by molar-refractivity contribution is 7.18. The minimum atomic E-state index is -0.0481. The molecule has 0 aliphatic heterocycles. The van der Waals surface area contributed by atoms with E-state index in [4.69, 9.17) is 0 Å². The third kappa shape index (κ3) is 4.31. The van der Waals surface area contributed by atoms with Gasteiger partial charge in [-0.15, -0.1) is 11.3 Å². The van der Waals surface area contributed by atoms with E-state index in [-0.39, 0.29) is 17.5 Å². The van der Waals surface area contributed by atoms with Crippen LogP contribution < -0.4 is 5.56 Å². The molecule has 30 heavy (non-hydrogen) atoms. The Labute approximate surface area is 180 Å². The summed E-state index contributed by atoms with van der Waals surface area (Å²) in [5.41, 5.74) is 2.04. The molecule has 1 aliphatic rings. The van der Waals surface area contributed by atoms with Crippen LogP contribution in [0.15, 0.2) is 35.6 Å². The lowest BCUT2D eigenvalue weighted by atomic mass is 9.93. The molecule has 3 aromatic heterocycles. The molecule has 1 amide bonds. The molecule has 0 spiro atoms. The fourth-order valence-corrected chi connectivity index (χ4v) is 5.27. The molecule has 0 N–H and O–H groups in total. The minimum absolute atomic E-state index is 0.0481. The summed E-state index contributed by atoms with van der Waals surface area (Å²) in [5, 5.41) is 0.688. The Balaban J connectivity index is 1.52. The van der Waals surface area contributed by atoms with Crippen LogP contribution in [0.5, 0.6) is 0 Å². The number of amides is 1. The van der Waals surface area contributed by atoms with Crippen molar-refractivity contribution in [1.82, 2.24) is 19.4 Å². The van der Waals surface area contributed by atoms with Gasteiger partial charge in [-0.25, -0.2) is 4.98 Å². The van der Waals surface area contributed by atoms with Gasteiger partial charge in [0.25, 0.3) is 5.56 Å². The van der Waals surface area contributed by atoms with Gasteiger partial charge in [0.05, 0.1) is 11.7 Å². The molecule has 1 saturated carbocycles. The predicted molar refractivity (Wildman–Crippen MR) is 120 cm³/mol. The molecule has 3 aromatic rings. The molecular weight excluding hydrogens is 396 g/mol. The number of rotatable bonds is 6. The van der Waals surface area contributed by atoms with Crippen molar-refractivity contribution in [3.63, 3.8) is 0 Å². The maximum absolute atomic E-state index is 13.2. The van der Waals surface area contributed by atoms with Gasteiger partial charge in [0, 0.05) is 42.8 Å². The molecule has 0 aromatic carbocycles. The van der Waals surface area contributed by atoms with Crippen LogP contribution in [0.4, 0.5) is 0 Å². The van der Waals surface area contributed by atoms with Crippen molar-refractivity contribution in [1.29, 1.82) is 0 Å². The minimum Gasteiger partial charge on any atom is -0.335 e. The number of thiophene rings is 1. The van der Waals surface area contributed by atoms with Crippen LogP contribution in [-0.2, 0) is 17.9 Å². The van der Waals surface area contributed by atoms with Gasteiger partial charge < -0.3 is 4.90 Å².